The van der Waals surface area contributed by atoms with Crippen LogP contribution in [-0.2, 0) is 0 Å². The van der Waals surface area contributed by atoms with Crippen molar-refractivity contribution in [3.05, 3.63) is 70.3 Å². The van der Waals surface area contributed by atoms with Gasteiger partial charge >= 0.3 is 23.1 Å². The monoisotopic (exact) mass is 424 g/mol. The molecule has 0 saturated heterocycles. The first-order chi connectivity index (χ1) is 11.9. The van der Waals surface area contributed by atoms with Gasteiger partial charge in [-0.05, 0) is 35.5 Å². The van der Waals surface area contributed by atoms with Gasteiger partial charge < -0.3 is 17.2 Å². The molecule has 0 aromatic carbocycles. The fourth-order valence-electron chi connectivity index (χ4n) is 4.44. The minimum absolute atomic E-state index is 0. The van der Waals surface area contributed by atoms with Crippen LogP contribution in [0.2, 0.25) is 0 Å². The average molecular weight is 425 g/mol. The SMILES string of the molecule is CC1(C)C=CC=C([Si]([O-])(C2=CC=CC(C)(C)C2)C2=CC=CC(C)(C)C2)C1.[Cl-].[Mg+2]. The zero-order valence-corrected chi connectivity index (χ0v) is 21.5. The number of halogens is 1. The van der Waals surface area contributed by atoms with E-state index in [0.29, 0.717) is 0 Å². The number of hydrogen-bond donors (Lipinski definition) is 0. The van der Waals surface area contributed by atoms with Crippen molar-refractivity contribution in [3.63, 3.8) is 0 Å². The zero-order chi connectivity index (χ0) is 19.2. The molecule has 0 aromatic rings. The Morgan fingerprint density at radius 2 is 0.893 bits per heavy atom. The smallest absolute Gasteiger partial charge is 1.00 e. The van der Waals surface area contributed by atoms with Crippen LogP contribution in [0.4, 0.5) is 0 Å². The maximum absolute atomic E-state index is 14.9. The third-order valence-corrected chi connectivity index (χ3v) is 9.57. The van der Waals surface area contributed by atoms with Crippen molar-refractivity contribution in [1.29, 1.82) is 0 Å². The first-order valence-corrected chi connectivity index (χ1v) is 11.7. The Kier molecular flexibility index (Phi) is 8.09. The number of allylic oxidation sites excluding steroid dienone is 12. The van der Waals surface area contributed by atoms with Gasteiger partial charge in [-0.1, -0.05) is 112 Å². The van der Waals surface area contributed by atoms with Gasteiger partial charge in [-0.25, -0.2) is 0 Å². The zero-order valence-electron chi connectivity index (χ0n) is 18.3. The van der Waals surface area contributed by atoms with E-state index in [4.69, 9.17) is 0 Å². The summed E-state index contributed by atoms with van der Waals surface area (Å²) in [7, 11) is -3.13. The molecule has 0 atom stereocenters. The number of hydrogen-bond acceptors (Lipinski definition) is 1. The molecule has 0 fully saturated rings. The van der Waals surface area contributed by atoms with Gasteiger partial charge in [0, 0.05) is 8.32 Å². The van der Waals surface area contributed by atoms with Gasteiger partial charge in [-0.3, -0.25) is 0 Å². The molecule has 0 spiro atoms. The van der Waals surface area contributed by atoms with Crippen LogP contribution in [0.1, 0.15) is 60.8 Å². The molecule has 3 aliphatic carbocycles. The summed E-state index contributed by atoms with van der Waals surface area (Å²) < 4.78 is 0. The molecule has 28 heavy (non-hydrogen) atoms. The van der Waals surface area contributed by atoms with Crippen LogP contribution in [-0.4, -0.2) is 31.4 Å². The molecule has 3 aliphatic rings. The first kappa shape index (κ1) is 25.7. The van der Waals surface area contributed by atoms with Crippen molar-refractivity contribution in [2.75, 3.05) is 0 Å². The second kappa shape index (κ2) is 8.81. The van der Waals surface area contributed by atoms with Gasteiger partial charge in [0.05, 0.1) is 0 Å². The van der Waals surface area contributed by atoms with Crippen molar-refractivity contribution >= 4 is 31.4 Å². The molecule has 0 amide bonds. The average Bonchev–Trinajstić information content (AvgIpc) is 2.51. The van der Waals surface area contributed by atoms with Crippen LogP contribution in [0.3, 0.4) is 0 Å². The quantitative estimate of drug-likeness (QED) is 0.637. The van der Waals surface area contributed by atoms with Crippen LogP contribution in [0.15, 0.2) is 70.3 Å². The maximum Gasteiger partial charge on any atom is 2.00 e. The molecule has 0 radical (unpaired) electrons. The van der Waals surface area contributed by atoms with Gasteiger partial charge in [0.15, 0.2) is 0 Å². The van der Waals surface area contributed by atoms with Crippen molar-refractivity contribution in [1.82, 2.24) is 0 Å². The summed E-state index contributed by atoms with van der Waals surface area (Å²) in [4.78, 5) is 14.9. The van der Waals surface area contributed by atoms with Crippen molar-refractivity contribution in [3.8, 4) is 0 Å². The summed E-state index contributed by atoms with van der Waals surface area (Å²) in [6.45, 7) is 13.4. The van der Waals surface area contributed by atoms with E-state index in [1.165, 1.54) is 0 Å². The van der Waals surface area contributed by atoms with E-state index in [9.17, 15) is 4.80 Å². The minimum Gasteiger partial charge on any atom is -1.00 e. The van der Waals surface area contributed by atoms with Crippen LogP contribution in [0.25, 0.3) is 0 Å². The van der Waals surface area contributed by atoms with Gasteiger partial charge in [0.25, 0.3) is 0 Å². The molecule has 148 valence electrons. The van der Waals surface area contributed by atoms with E-state index >= 15 is 0 Å². The van der Waals surface area contributed by atoms with E-state index in [0.717, 1.165) is 34.9 Å². The largest absolute Gasteiger partial charge is 2.00 e. The van der Waals surface area contributed by atoms with E-state index in [2.05, 4.69) is 96.2 Å². The molecular formula is C24H33ClMgOSi. The molecule has 4 heteroatoms. The molecular weight excluding hydrogens is 392 g/mol. The fourth-order valence-corrected chi connectivity index (χ4v) is 8.79. The summed E-state index contributed by atoms with van der Waals surface area (Å²) >= 11 is 0. The van der Waals surface area contributed by atoms with Crippen LogP contribution in [0, 0.1) is 16.2 Å². The fraction of sp³-hybridized carbons (Fsp3) is 0.500. The summed E-state index contributed by atoms with van der Waals surface area (Å²) in [6.07, 6.45) is 22.1. The summed E-state index contributed by atoms with van der Waals surface area (Å²) in [5.41, 5.74) is 0.190. The first-order valence-electron chi connectivity index (χ1n) is 9.81. The van der Waals surface area contributed by atoms with Crippen LogP contribution >= 0.6 is 0 Å². The molecule has 0 bridgehead atoms. The second-order valence-corrected chi connectivity index (χ2v) is 13.6. The van der Waals surface area contributed by atoms with E-state index in [-0.39, 0.29) is 51.7 Å². The van der Waals surface area contributed by atoms with Gasteiger partial charge in [0.2, 0.25) is 0 Å². The molecule has 1 nitrogen and oxygen atoms in total. The Morgan fingerprint density at radius 1 is 0.643 bits per heavy atom. The van der Waals surface area contributed by atoms with Crippen LogP contribution < -0.4 is 17.2 Å². The molecule has 0 N–H and O–H groups in total. The second-order valence-electron chi connectivity index (χ2n) is 10.3. The normalized spacial score (nSPS) is 24.3. The number of rotatable bonds is 3. The Morgan fingerprint density at radius 3 is 1.11 bits per heavy atom. The Labute approximate surface area is 195 Å². The molecule has 0 saturated carbocycles. The topological polar surface area (TPSA) is 23.1 Å². The van der Waals surface area contributed by atoms with Crippen LogP contribution in [0.5, 0.6) is 0 Å². The van der Waals surface area contributed by atoms with Crippen molar-refractivity contribution in [2.45, 2.75) is 60.8 Å². The Bertz CT molecular complexity index is 676. The predicted octanol–water partition coefficient (Wildman–Crippen LogP) is 2.27. The Balaban J connectivity index is 0.00000196. The molecule has 0 heterocycles. The van der Waals surface area contributed by atoms with Gasteiger partial charge in [-0.2, -0.15) is 0 Å². The van der Waals surface area contributed by atoms with Gasteiger partial charge in [-0.15, -0.1) is 0 Å². The van der Waals surface area contributed by atoms with Gasteiger partial charge in [0.1, 0.15) is 0 Å². The summed E-state index contributed by atoms with van der Waals surface area (Å²) in [6, 6.07) is 0. The van der Waals surface area contributed by atoms with E-state index in [1.54, 1.807) is 0 Å². The molecule has 0 aliphatic heterocycles. The third kappa shape index (κ3) is 5.43. The summed E-state index contributed by atoms with van der Waals surface area (Å²) in [5, 5.41) is 3.46. The summed E-state index contributed by atoms with van der Waals surface area (Å²) in [5.74, 6) is 0. The van der Waals surface area contributed by atoms with E-state index in [1.807, 2.05) is 0 Å². The maximum atomic E-state index is 14.9. The predicted molar refractivity (Wildman–Crippen MR) is 118 cm³/mol. The van der Waals surface area contributed by atoms with Crippen molar-refractivity contribution in [2.24, 2.45) is 16.2 Å². The van der Waals surface area contributed by atoms with Crippen molar-refractivity contribution < 1.29 is 17.2 Å². The minimum atomic E-state index is -3.13. The molecule has 3 rings (SSSR count). The Hall–Kier alpha value is -0.327. The molecule has 0 aromatic heterocycles. The van der Waals surface area contributed by atoms with E-state index < -0.39 is 8.32 Å². The standard InChI is InChI=1S/C24H33OSi.ClH.Mg/c1-22(2)13-7-10-19(16-22)26(25,20-11-8-14-23(3,4)17-20)21-12-9-15-24(5,6)18-21;;/h7-15H,16-18H2,1-6H3;1H;/q-1;;+2/p-1. The molecule has 0 unspecified atom stereocenters. The third-order valence-electron chi connectivity index (χ3n) is 5.83.